The summed E-state index contributed by atoms with van der Waals surface area (Å²) in [5.74, 6) is -4.03. The van der Waals surface area contributed by atoms with Crippen LogP contribution in [0.3, 0.4) is 0 Å². The summed E-state index contributed by atoms with van der Waals surface area (Å²) in [4.78, 5) is 91.0. The van der Waals surface area contributed by atoms with Crippen LogP contribution >= 0.6 is 11.3 Å². The molecule has 0 aliphatic carbocycles. The molecule has 9 N–H and O–H groups in total. The molecule has 0 saturated heterocycles. The molecule has 1 aromatic heterocycles. The van der Waals surface area contributed by atoms with Gasteiger partial charge in [0.2, 0.25) is 23.6 Å². The number of amides is 5. The lowest BCUT2D eigenvalue weighted by atomic mass is 10.0. The quantitative estimate of drug-likeness (QED) is 0.0772. The van der Waals surface area contributed by atoms with Crippen molar-refractivity contribution in [1.82, 2.24) is 31.6 Å². The summed E-state index contributed by atoms with van der Waals surface area (Å²) < 4.78 is 0. The number of Topliss-reactive ketones (excluding diaryl/α,β-unsaturated/α-hetero) is 1. The van der Waals surface area contributed by atoms with Gasteiger partial charge in [0, 0.05) is 0 Å². The number of aldehydes is 1. The van der Waals surface area contributed by atoms with E-state index in [1.165, 1.54) is 46.0 Å². The van der Waals surface area contributed by atoms with Gasteiger partial charge in [0.15, 0.2) is 23.4 Å². The number of nitrogens with one attached hydrogen (secondary N) is 6. The fourth-order valence-electron chi connectivity index (χ4n) is 4.02. The Labute approximate surface area is 276 Å². The number of aromatic hydroxyl groups is 1. The first-order valence-corrected chi connectivity index (χ1v) is 15.6. The number of ketones is 1. The highest BCUT2D eigenvalue weighted by molar-refractivity contribution is 7.17. The number of hydrogen-bond acceptors (Lipinski definition) is 12. The maximum Gasteiger partial charge on any atom is 0.258 e. The van der Waals surface area contributed by atoms with Crippen LogP contribution in [0, 0.1) is 5.92 Å². The summed E-state index contributed by atoms with van der Waals surface area (Å²) in [7, 11) is 0. The molecule has 2 aromatic rings. The molecule has 47 heavy (non-hydrogen) atoms. The van der Waals surface area contributed by atoms with Gasteiger partial charge in [-0.1, -0.05) is 37.3 Å². The molecule has 256 valence electrons. The van der Waals surface area contributed by atoms with Crippen LogP contribution in [0.5, 0.6) is 5.75 Å². The molecule has 0 fully saturated rings. The van der Waals surface area contributed by atoms with Gasteiger partial charge in [0.25, 0.3) is 5.91 Å². The summed E-state index contributed by atoms with van der Waals surface area (Å²) in [5, 5.41) is 24.9. The zero-order chi connectivity index (χ0) is 35.4. The molecule has 5 amide bonds. The van der Waals surface area contributed by atoms with Gasteiger partial charge in [0.05, 0.1) is 17.1 Å². The van der Waals surface area contributed by atoms with Crippen LogP contribution in [0.1, 0.15) is 56.8 Å². The van der Waals surface area contributed by atoms with Gasteiger partial charge in [0.1, 0.15) is 29.9 Å². The average Bonchev–Trinajstić information content (AvgIpc) is 3.47. The van der Waals surface area contributed by atoms with E-state index in [1.54, 1.807) is 26.0 Å². The molecule has 6 atom stereocenters. The number of aromatic nitrogens is 1. The van der Waals surface area contributed by atoms with Crippen molar-refractivity contribution in [2.75, 3.05) is 5.32 Å². The van der Waals surface area contributed by atoms with Gasteiger partial charge >= 0.3 is 0 Å². The SMILES string of the molecule is CC(=O)[C@H](Cc1ccc(O)cc1)NC(=O)[C@H](C)NC(=O)[C@H](C)NC(=O)[C@@H](N)NC(=O)[C@H](C)NC(=O)C(Nc1ncc(C=O)s1)C(C)C. The number of thiazole rings is 1. The van der Waals surface area contributed by atoms with Gasteiger partial charge < -0.3 is 42.7 Å². The highest BCUT2D eigenvalue weighted by Crippen LogP contribution is 2.19. The molecule has 1 aromatic carbocycles. The van der Waals surface area contributed by atoms with E-state index < -0.39 is 65.9 Å². The van der Waals surface area contributed by atoms with Gasteiger partial charge in [-0.05, 0) is 57.7 Å². The minimum absolute atomic E-state index is 0.0601. The largest absolute Gasteiger partial charge is 0.508 e. The van der Waals surface area contributed by atoms with E-state index in [0.717, 1.165) is 11.3 Å². The van der Waals surface area contributed by atoms with Crippen molar-refractivity contribution < 1.29 is 38.7 Å². The first-order valence-electron chi connectivity index (χ1n) is 14.8. The predicted octanol–water partition coefficient (Wildman–Crippen LogP) is -0.671. The molecule has 17 heteroatoms. The summed E-state index contributed by atoms with van der Waals surface area (Å²) in [6, 6.07) is 1.16. The van der Waals surface area contributed by atoms with Crippen molar-refractivity contribution in [3.05, 3.63) is 40.9 Å². The zero-order valence-electron chi connectivity index (χ0n) is 27.0. The third kappa shape index (κ3) is 12.1. The third-order valence-electron chi connectivity index (χ3n) is 6.89. The van der Waals surface area contributed by atoms with Crippen LogP contribution in [0.15, 0.2) is 30.5 Å². The minimum Gasteiger partial charge on any atom is -0.508 e. The van der Waals surface area contributed by atoms with E-state index in [1.807, 2.05) is 0 Å². The fourth-order valence-corrected chi connectivity index (χ4v) is 4.69. The first-order chi connectivity index (χ1) is 22.0. The van der Waals surface area contributed by atoms with E-state index in [9.17, 15) is 38.7 Å². The van der Waals surface area contributed by atoms with Crippen molar-refractivity contribution in [2.24, 2.45) is 11.7 Å². The number of nitrogens with zero attached hydrogens (tertiary/aromatic N) is 1. The standard InChI is InChI=1S/C30H42N8O8S/c1-14(2)23(37-30-32-12-21(13-39)47-30)28(45)34-17(5)27(44)38-24(31)29(46)35-15(3)25(42)33-16(4)26(43)36-22(18(6)40)11-19-7-9-20(41)10-8-19/h7-10,12-17,22-24,41H,11,31H2,1-6H3,(H,32,37)(H,33,42)(H,34,45)(H,35,46)(H,36,43)(H,38,44)/t15-,16-,17-,22-,23?,24-/m0/s1. The van der Waals surface area contributed by atoms with E-state index in [0.29, 0.717) is 21.9 Å². The summed E-state index contributed by atoms with van der Waals surface area (Å²) in [6.07, 6.45) is 0.602. The summed E-state index contributed by atoms with van der Waals surface area (Å²) >= 11 is 1.07. The van der Waals surface area contributed by atoms with E-state index in [-0.39, 0.29) is 23.9 Å². The molecule has 0 saturated carbocycles. The molecular formula is C30H42N8O8S. The Balaban J connectivity index is 1.85. The van der Waals surface area contributed by atoms with Crippen molar-refractivity contribution in [1.29, 1.82) is 0 Å². The van der Waals surface area contributed by atoms with Crippen molar-refractivity contribution >= 4 is 58.1 Å². The number of carbonyl (C=O) groups excluding carboxylic acids is 7. The van der Waals surface area contributed by atoms with Crippen molar-refractivity contribution in [3.8, 4) is 5.75 Å². The topological polar surface area (TPSA) is 251 Å². The summed E-state index contributed by atoms with van der Waals surface area (Å²) in [5.41, 5.74) is 6.52. The number of hydrogen-bond donors (Lipinski definition) is 8. The third-order valence-corrected chi connectivity index (χ3v) is 7.74. The van der Waals surface area contributed by atoms with Crippen LogP contribution in [0.2, 0.25) is 0 Å². The molecule has 16 nitrogen and oxygen atoms in total. The molecule has 0 aliphatic rings. The van der Waals surface area contributed by atoms with E-state index in [4.69, 9.17) is 5.73 Å². The lowest BCUT2D eigenvalue weighted by molar-refractivity contribution is -0.134. The number of phenols is 1. The Hall–Kier alpha value is -4.90. The highest BCUT2D eigenvalue weighted by Gasteiger charge is 2.29. The van der Waals surface area contributed by atoms with Crippen LogP contribution in [-0.2, 0) is 35.2 Å². The van der Waals surface area contributed by atoms with Crippen LogP contribution in [0.25, 0.3) is 0 Å². The van der Waals surface area contributed by atoms with Crippen molar-refractivity contribution in [3.63, 3.8) is 0 Å². The Morgan fingerprint density at radius 3 is 1.83 bits per heavy atom. The van der Waals surface area contributed by atoms with E-state index >= 15 is 0 Å². The van der Waals surface area contributed by atoms with Crippen LogP contribution in [-0.4, -0.2) is 88.1 Å². The van der Waals surface area contributed by atoms with Gasteiger partial charge in [-0.2, -0.15) is 0 Å². The lowest BCUT2D eigenvalue weighted by Gasteiger charge is -2.24. The van der Waals surface area contributed by atoms with Crippen LogP contribution < -0.4 is 37.6 Å². The number of carbonyl (C=O) groups is 7. The maximum atomic E-state index is 12.9. The molecular weight excluding hydrogens is 632 g/mol. The number of benzene rings is 1. The smallest absolute Gasteiger partial charge is 0.258 e. The number of rotatable bonds is 17. The molecule has 0 spiro atoms. The first kappa shape index (κ1) is 38.3. The Kier molecular flexibility index (Phi) is 14.4. The number of nitrogens with two attached hydrogens (primary N) is 1. The molecule has 1 unspecified atom stereocenters. The molecule has 0 radical (unpaired) electrons. The Morgan fingerprint density at radius 2 is 1.32 bits per heavy atom. The molecule has 2 rings (SSSR count). The second kappa shape index (κ2) is 17.7. The highest BCUT2D eigenvalue weighted by atomic mass is 32.1. The predicted molar refractivity (Wildman–Crippen MR) is 173 cm³/mol. The average molecular weight is 675 g/mol. The lowest BCUT2D eigenvalue weighted by Crippen LogP contribution is -2.60. The monoisotopic (exact) mass is 674 g/mol. The summed E-state index contributed by atoms with van der Waals surface area (Å²) in [6.45, 7) is 9.02. The van der Waals surface area contributed by atoms with E-state index in [2.05, 4.69) is 36.9 Å². The Bertz CT molecular complexity index is 1450. The fraction of sp³-hybridized carbons (Fsp3) is 0.467. The zero-order valence-corrected chi connectivity index (χ0v) is 27.8. The second-order valence-electron chi connectivity index (χ2n) is 11.3. The minimum atomic E-state index is -1.58. The van der Waals surface area contributed by atoms with Gasteiger partial charge in [-0.25, -0.2) is 4.98 Å². The molecule has 1 heterocycles. The normalized spacial score (nSPS) is 14.7. The maximum absolute atomic E-state index is 12.9. The molecule has 0 bridgehead atoms. The second-order valence-corrected chi connectivity index (χ2v) is 12.3. The molecule has 0 aliphatic heterocycles. The Morgan fingerprint density at radius 1 is 0.809 bits per heavy atom. The van der Waals surface area contributed by atoms with Gasteiger partial charge in [-0.15, -0.1) is 0 Å². The van der Waals surface area contributed by atoms with Crippen LogP contribution in [0.4, 0.5) is 5.13 Å². The van der Waals surface area contributed by atoms with Crippen molar-refractivity contribution in [2.45, 2.75) is 84.3 Å². The van der Waals surface area contributed by atoms with Gasteiger partial charge in [-0.3, -0.25) is 33.6 Å². The number of phenolic OH excluding ortho intramolecular Hbond substituents is 1. The number of anilines is 1.